The fourth-order valence-electron chi connectivity index (χ4n) is 4.61. The summed E-state index contributed by atoms with van der Waals surface area (Å²) in [5.41, 5.74) is 1.43. The van der Waals surface area contributed by atoms with Gasteiger partial charge in [0.05, 0.1) is 26.3 Å². The van der Waals surface area contributed by atoms with Gasteiger partial charge >= 0.3 is 7.12 Å². The van der Waals surface area contributed by atoms with Gasteiger partial charge in [0.15, 0.2) is 0 Å². The summed E-state index contributed by atoms with van der Waals surface area (Å²) in [6.07, 6.45) is 5.10. The molecule has 2 fully saturated rings. The number of rotatable bonds is 7. The highest BCUT2D eigenvalue weighted by molar-refractivity contribution is 9.12. The molecule has 40 heavy (non-hydrogen) atoms. The van der Waals surface area contributed by atoms with Crippen LogP contribution >= 0.6 is 27.5 Å². The van der Waals surface area contributed by atoms with E-state index in [0.29, 0.717) is 22.1 Å². The molecular weight excluding hydrogens is 615 g/mol. The van der Waals surface area contributed by atoms with Gasteiger partial charge in [-0.05, 0) is 74.7 Å². The summed E-state index contributed by atoms with van der Waals surface area (Å²) < 4.78 is 44.4. The van der Waals surface area contributed by atoms with Crippen molar-refractivity contribution in [2.24, 2.45) is 15.3 Å². The Hall–Kier alpha value is -2.18. The van der Waals surface area contributed by atoms with Crippen molar-refractivity contribution in [3.63, 3.8) is 0 Å². The molecule has 1 aliphatic carbocycles. The Balaban J connectivity index is 1.60. The molecule has 3 aliphatic rings. The maximum atomic E-state index is 13.6. The van der Waals surface area contributed by atoms with Crippen molar-refractivity contribution in [1.29, 1.82) is 0 Å². The van der Waals surface area contributed by atoms with E-state index >= 15 is 0 Å². The summed E-state index contributed by atoms with van der Waals surface area (Å²) in [5.74, 6) is 0.337. The van der Waals surface area contributed by atoms with Gasteiger partial charge < -0.3 is 19.1 Å². The van der Waals surface area contributed by atoms with Crippen molar-refractivity contribution in [3.05, 3.63) is 63.7 Å². The zero-order chi connectivity index (χ0) is 29.0. The Bertz CT molecular complexity index is 1510. The first-order chi connectivity index (χ1) is 18.7. The molecular formula is C28H33BBrClN4O4S. The Kier molecular flexibility index (Phi) is 7.76. The summed E-state index contributed by atoms with van der Waals surface area (Å²) in [6.45, 7) is 7.74. The second-order valence-electron chi connectivity index (χ2n) is 11.6. The van der Waals surface area contributed by atoms with Crippen LogP contribution < -0.4 is 10.4 Å². The lowest BCUT2D eigenvalue weighted by Gasteiger charge is -2.33. The van der Waals surface area contributed by atoms with Crippen LogP contribution in [-0.4, -0.2) is 63.9 Å². The molecule has 0 spiro atoms. The Labute approximate surface area is 250 Å². The van der Waals surface area contributed by atoms with Crippen molar-refractivity contribution in [1.82, 2.24) is 4.90 Å². The average Bonchev–Trinajstić information content (AvgIpc) is 3.69. The molecule has 5 rings (SSSR count). The lowest BCUT2D eigenvalue weighted by molar-refractivity contribution is 0.00578. The van der Waals surface area contributed by atoms with E-state index in [2.05, 4.69) is 20.3 Å². The number of anilines is 1. The van der Waals surface area contributed by atoms with Crippen LogP contribution in [-0.2, 0) is 19.3 Å². The molecule has 0 radical (unpaired) electrons. The first-order valence-electron chi connectivity index (χ1n) is 13.2. The van der Waals surface area contributed by atoms with Gasteiger partial charge in [-0.2, -0.15) is 8.42 Å². The Morgan fingerprint density at radius 3 is 2.38 bits per heavy atom. The van der Waals surface area contributed by atoms with Gasteiger partial charge in [-0.15, -0.1) is 4.40 Å². The van der Waals surface area contributed by atoms with E-state index in [9.17, 15) is 8.42 Å². The Morgan fingerprint density at radius 1 is 1.12 bits per heavy atom. The highest BCUT2D eigenvalue weighted by atomic mass is 79.9. The third kappa shape index (κ3) is 5.63. The highest BCUT2D eigenvalue weighted by Crippen LogP contribution is 2.42. The molecule has 0 amide bonds. The third-order valence-corrected chi connectivity index (χ3v) is 9.89. The zero-order valence-corrected chi connectivity index (χ0v) is 26.6. The van der Waals surface area contributed by atoms with Gasteiger partial charge in [0.2, 0.25) is 0 Å². The van der Waals surface area contributed by atoms with E-state index in [1.807, 2.05) is 69.1 Å². The predicted octanol–water partition coefficient (Wildman–Crippen LogP) is 5.20. The minimum atomic E-state index is -4.10. The first kappa shape index (κ1) is 29.3. The molecule has 2 aliphatic heterocycles. The minimum Gasteiger partial charge on any atom is -0.399 e. The van der Waals surface area contributed by atoms with Crippen molar-refractivity contribution < 1.29 is 17.7 Å². The second kappa shape index (κ2) is 10.6. The molecule has 0 N–H and O–H groups in total. The molecule has 2 aromatic rings. The first-order valence-corrected chi connectivity index (χ1v) is 15.8. The minimum absolute atomic E-state index is 0.0292. The van der Waals surface area contributed by atoms with Gasteiger partial charge in [-0.25, -0.2) is 0 Å². The standard InChI is InChI=1S/C28H33BBrClN4O4S/c1-27(2)28(3,4)39-29(38-27)21-14-13-19(15-24(21)40(36,37)32-17-34(5)6)35-16-22(30)25(33-26(35)18-11-12-18)20-9-7-8-10-23(20)31/h7-10,13-18,26H,11-12H2,1-6H3. The fraction of sp³-hybridized carbons (Fsp3) is 0.429. The van der Waals surface area contributed by atoms with E-state index < -0.39 is 28.3 Å². The van der Waals surface area contributed by atoms with Crippen LogP contribution in [0.4, 0.5) is 5.69 Å². The lowest BCUT2D eigenvalue weighted by Crippen LogP contribution is -2.41. The topological polar surface area (TPSA) is 83.8 Å². The average molecular weight is 648 g/mol. The number of benzene rings is 2. The van der Waals surface area contributed by atoms with Gasteiger partial charge in [-0.3, -0.25) is 4.99 Å². The van der Waals surface area contributed by atoms with Crippen molar-refractivity contribution >= 4 is 67.9 Å². The number of aliphatic imine (C=N–C) groups is 1. The van der Waals surface area contributed by atoms with Gasteiger partial charge in [0.25, 0.3) is 10.0 Å². The van der Waals surface area contributed by atoms with Crippen LogP contribution in [0.1, 0.15) is 46.1 Å². The molecule has 1 saturated heterocycles. The summed E-state index contributed by atoms with van der Waals surface area (Å²) in [5, 5.41) is 0.619. The smallest absolute Gasteiger partial charge is 0.399 e. The number of allylic oxidation sites excluding steroid dienone is 1. The Morgan fingerprint density at radius 2 is 1.77 bits per heavy atom. The molecule has 8 nitrogen and oxygen atoms in total. The van der Waals surface area contributed by atoms with Crippen molar-refractivity contribution in [2.75, 3.05) is 19.0 Å². The highest BCUT2D eigenvalue weighted by Gasteiger charge is 2.53. The summed E-state index contributed by atoms with van der Waals surface area (Å²) in [4.78, 5) is 8.74. The normalized spacial score (nSPS) is 22.4. The molecule has 0 bridgehead atoms. The van der Waals surface area contributed by atoms with Crippen molar-refractivity contribution in [3.8, 4) is 0 Å². The van der Waals surface area contributed by atoms with Crippen LogP contribution in [0.25, 0.3) is 0 Å². The molecule has 212 valence electrons. The monoisotopic (exact) mass is 646 g/mol. The van der Waals surface area contributed by atoms with E-state index in [-0.39, 0.29) is 11.1 Å². The maximum absolute atomic E-state index is 13.6. The van der Waals surface area contributed by atoms with E-state index in [4.69, 9.17) is 25.9 Å². The van der Waals surface area contributed by atoms with E-state index in [0.717, 1.165) is 28.6 Å². The number of hydrogen-bond acceptors (Lipinski definition) is 6. The largest absolute Gasteiger partial charge is 0.496 e. The quantitative estimate of drug-likeness (QED) is 0.234. The maximum Gasteiger partial charge on any atom is 0.496 e. The molecule has 1 saturated carbocycles. The van der Waals surface area contributed by atoms with Crippen LogP contribution in [0.2, 0.25) is 5.02 Å². The molecule has 12 heteroatoms. The molecule has 0 aromatic heterocycles. The van der Waals surface area contributed by atoms with Crippen LogP contribution in [0.3, 0.4) is 0 Å². The lowest BCUT2D eigenvalue weighted by atomic mass is 9.79. The van der Waals surface area contributed by atoms with Crippen molar-refractivity contribution in [2.45, 2.75) is 62.8 Å². The summed E-state index contributed by atoms with van der Waals surface area (Å²) >= 11 is 10.2. The van der Waals surface area contributed by atoms with Gasteiger partial charge in [0, 0.05) is 47.9 Å². The van der Waals surface area contributed by atoms with E-state index in [1.54, 1.807) is 31.1 Å². The number of halogens is 2. The van der Waals surface area contributed by atoms with Crippen LogP contribution in [0.5, 0.6) is 0 Å². The fourth-order valence-corrected chi connectivity index (χ4v) is 6.53. The number of sulfonamides is 1. The van der Waals surface area contributed by atoms with Gasteiger partial charge in [-0.1, -0.05) is 35.9 Å². The van der Waals surface area contributed by atoms with Gasteiger partial charge in [0.1, 0.15) is 12.5 Å². The molecule has 1 unspecified atom stereocenters. The number of nitrogens with zero attached hydrogens (tertiary/aromatic N) is 4. The SMILES string of the molecule is CN(C)C=NS(=O)(=O)c1cc(N2C=C(Br)C(c3ccccc3Cl)=NC2C2CC2)ccc1B1OC(C)(C)C(C)(C)O1. The summed E-state index contributed by atoms with van der Waals surface area (Å²) in [6, 6.07) is 12.9. The molecule has 1 atom stereocenters. The molecule has 2 heterocycles. The second-order valence-corrected chi connectivity index (χ2v) is 14.4. The van der Waals surface area contributed by atoms with Crippen LogP contribution in [0, 0.1) is 5.92 Å². The number of hydrogen-bond donors (Lipinski definition) is 0. The zero-order valence-electron chi connectivity index (χ0n) is 23.4. The summed E-state index contributed by atoms with van der Waals surface area (Å²) in [7, 11) is -1.53. The third-order valence-electron chi connectivity index (χ3n) is 7.69. The van der Waals surface area contributed by atoms with Crippen LogP contribution in [0.15, 0.2) is 67.4 Å². The molecule has 2 aromatic carbocycles. The predicted molar refractivity (Wildman–Crippen MR) is 166 cm³/mol. The van der Waals surface area contributed by atoms with E-state index in [1.165, 1.54) is 6.34 Å².